The standard InChI is InChI=1S/C10H18O4S2/c11-10(13-6-7-14-12)4-2-1-3-9-5-8-15-16-9/h9,12H,1-8H2. The predicted octanol–water partition coefficient (Wildman–Crippen LogP) is 2.73. The zero-order valence-electron chi connectivity index (χ0n) is 9.22. The monoisotopic (exact) mass is 266 g/mol. The van der Waals surface area contributed by atoms with Gasteiger partial charge in [-0.25, -0.2) is 4.89 Å². The van der Waals surface area contributed by atoms with Crippen LogP contribution in [0.3, 0.4) is 0 Å². The molecule has 1 heterocycles. The Balaban J connectivity index is 1.87. The van der Waals surface area contributed by atoms with Crippen LogP contribution in [0.15, 0.2) is 0 Å². The number of ether oxygens (including phenoxy) is 1. The number of rotatable bonds is 8. The molecule has 0 bridgehead atoms. The Bertz CT molecular complexity index is 195. The summed E-state index contributed by atoms with van der Waals surface area (Å²) >= 11 is 0. The second-order valence-corrected chi connectivity index (χ2v) is 6.42. The van der Waals surface area contributed by atoms with Gasteiger partial charge in [0.05, 0.1) is 0 Å². The number of esters is 1. The van der Waals surface area contributed by atoms with Crippen LogP contribution in [0.4, 0.5) is 0 Å². The molecule has 4 nitrogen and oxygen atoms in total. The van der Waals surface area contributed by atoms with Gasteiger partial charge in [0.25, 0.3) is 0 Å². The lowest BCUT2D eigenvalue weighted by molar-refractivity contribution is -0.248. The van der Waals surface area contributed by atoms with Crippen molar-refractivity contribution in [3.05, 3.63) is 0 Å². The third-order valence-electron chi connectivity index (χ3n) is 2.32. The summed E-state index contributed by atoms with van der Waals surface area (Å²) in [6.45, 7) is 0.173. The average Bonchev–Trinajstić information content (AvgIpc) is 2.78. The van der Waals surface area contributed by atoms with Gasteiger partial charge in [0.15, 0.2) is 0 Å². The zero-order chi connectivity index (χ0) is 11.6. The Hall–Kier alpha value is 0.0900. The minimum atomic E-state index is -0.203. The highest BCUT2D eigenvalue weighted by Gasteiger charge is 2.15. The summed E-state index contributed by atoms with van der Waals surface area (Å²) in [6, 6.07) is 0. The lowest BCUT2D eigenvalue weighted by atomic mass is 10.1. The molecule has 1 rings (SSSR count). The molecular weight excluding hydrogens is 248 g/mol. The maximum Gasteiger partial charge on any atom is 0.305 e. The van der Waals surface area contributed by atoms with Gasteiger partial charge >= 0.3 is 5.97 Å². The van der Waals surface area contributed by atoms with Gasteiger partial charge in [-0.2, -0.15) is 0 Å². The molecule has 94 valence electrons. The van der Waals surface area contributed by atoms with Crippen molar-refractivity contribution in [1.29, 1.82) is 0 Å². The van der Waals surface area contributed by atoms with E-state index in [0.717, 1.165) is 18.1 Å². The fraction of sp³-hybridized carbons (Fsp3) is 0.900. The van der Waals surface area contributed by atoms with Crippen molar-refractivity contribution in [2.75, 3.05) is 19.0 Å². The summed E-state index contributed by atoms with van der Waals surface area (Å²) in [5, 5.41) is 8.80. The van der Waals surface area contributed by atoms with Crippen molar-refractivity contribution in [2.45, 2.75) is 37.4 Å². The van der Waals surface area contributed by atoms with E-state index < -0.39 is 0 Å². The van der Waals surface area contributed by atoms with Crippen LogP contribution in [0.1, 0.15) is 32.1 Å². The number of hydrogen-bond donors (Lipinski definition) is 1. The van der Waals surface area contributed by atoms with Gasteiger partial charge in [0.2, 0.25) is 0 Å². The predicted molar refractivity (Wildman–Crippen MR) is 66.5 cm³/mol. The highest BCUT2D eigenvalue weighted by molar-refractivity contribution is 8.77. The van der Waals surface area contributed by atoms with Gasteiger partial charge in [-0.3, -0.25) is 10.1 Å². The highest BCUT2D eigenvalue weighted by Crippen LogP contribution is 2.39. The minimum absolute atomic E-state index is 0.0433. The molecule has 16 heavy (non-hydrogen) atoms. The maximum absolute atomic E-state index is 11.1. The van der Waals surface area contributed by atoms with Crippen molar-refractivity contribution >= 4 is 27.6 Å². The largest absolute Gasteiger partial charge is 0.463 e. The van der Waals surface area contributed by atoms with Gasteiger partial charge in [-0.05, 0) is 19.3 Å². The summed E-state index contributed by atoms with van der Waals surface area (Å²) in [4.78, 5) is 14.9. The van der Waals surface area contributed by atoms with E-state index >= 15 is 0 Å². The Morgan fingerprint density at radius 2 is 2.25 bits per heavy atom. The van der Waals surface area contributed by atoms with Crippen LogP contribution in [-0.4, -0.2) is 35.4 Å². The van der Waals surface area contributed by atoms with Gasteiger partial charge in [-0.15, -0.1) is 0 Å². The summed E-state index contributed by atoms with van der Waals surface area (Å²) in [5.74, 6) is 1.06. The molecule has 1 aliphatic rings. The summed E-state index contributed by atoms with van der Waals surface area (Å²) < 4.78 is 4.82. The molecule has 0 aliphatic carbocycles. The number of unbranched alkanes of at least 4 members (excludes halogenated alkanes) is 1. The molecule has 0 radical (unpaired) electrons. The van der Waals surface area contributed by atoms with E-state index in [-0.39, 0.29) is 19.2 Å². The smallest absolute Gasteiger partial charge is 0.305 e. The molecule has 0 saturated carbocycles. The van der Waals surface area contributed by atoms with E-state index in [4.69, 9.17) is 9.99 Å². The van der Waals surface area contributed by atoms with E-state index in [1.807, 2.05) is 21.6 Å². The average molecular weight is 266 g/mol. The quantitative estimate of drug-likeness (QED) is 0.240. The van der Waals surface area contributed by atoms with E-state index in [1.165, 1.54) is 18.6 Å². The number of hydrogen-bond acceptors (Lipinski definition) is 6. The van der Waals surface area contributed by atoms with Crippen LogP contribution in [0, 0.1) is 0 Å². The topological polar surface area (TPSA) is 55.8 Å². The molecule has 0 aromatic rings. The van der Waals surface area contributed by atoms with E-state index in [9.17, 15) is 4.79 Å². The third-order valence-corrected chi connectivity index (χ3v) is 5.33. The van der Waals surface area contributed by atoms with Gasteiger partial charge in [-0.1, -0.05) is 28.0 Å². The maximum atomic E-state index is 11.1. The van der Waals surface area contributed by atoms with Crippen LogP contribution in [-0.2, 0) is 14.4 Å². The molecule has 1 unspecified atom stereocenters. The Morgan fingerprint density at radius 1 is 1.38 bits per heavy atom. The van der Waals surface area contributed by atoms with Crippen molar-refractivity contribution in [3.63, 3.8) is 0 Å². The van der Waals surface area contributed by atoms with Crippen molar-refractivity contribution in [3.8, 4) is 0 Å². The SMILES string of the molecule is O=C(CCCCC1CCSS1)OCCOO. The summed E-state index contributed by atoms with van der Waals surface area (Å²) in [7, 11) is 3.92. The lowest BCUT2D eigenvalue weighted by Gasteiger charge is -2.06. The van der Waals surface area contributed by atoms with E-state index in [2.05, 4.69) is 4.89 Å². The molecule has 1 saturated heterocycles. The first-order valence-corrected chi connectivity index (χ1v) is 7.91. The Labute approximate surface area is 104 Å². The van der Waals surface area contributed by atoms with Crippen molar-refractivity contribution in [2.24, 2.45) is 0 Å². The van der Waals surface area contributed by atoms with Crippen LogP contribution < -0.4 is 0 Å². The van der Waals surface area contributed by atoms with Gasteiger partial charge < -0.3 is 4.74 Å². The van der Waals surface area contributed by atoms with Crippen LogP contribution in [0.25, 0.3) is 0 Å². The minimum Gasteiger partial charge on any atom is -0.463 e. The lowest BCUT2D eigenvalue weighted by Crippen LogP contribution is -2.09. The molecule has 0 spiro atoms. The molecule has 1 N–H and O–H groups in total. The Kier molecular flexibility index (Phi) is 8.10. The molecule has 0 aromatic carbocycles. The first-order chi connectivity index (χ1) is 7.83. The molecule has 6 heteroatoms. The van der Waals surface area contributed by atoms with Crippen LogP contribution in [0.5, 0.6) is 0 Å². The molecule has 1 aliphatic heterocycles. The van der Waals surface area contributed by atoms with Crippen LogP contribution in [0.2, 0.25) is 0 Å². The molecule has 0 aromatic heterocycles. The first kappa shape index (κ1) is 14.2. The first-order valence-electron chi connectivity index (χ1n) is 5.53. The molecule has 1 atom stereocenters. The zero-order valence-corrected chi connectivity index (χ0v) is 10.9. The fourth-order valence-corrected chi connectivity index (χ4v) is 4.50. The second-order valence-electron chi connectivity index (χ2n) is 3.63. The number of carbonyl (C=O) groups is 1. The van der Waals surface area contributed by atoms with Gasteiger partial charge in [0, 0.05) is 17.4 Å². The number of carbonyl (C=O) groups excluding carboxylic acids is 1. The van der Waals surface area contributed by atoms with E-state index in [1.54, 1.807) is 0 Å². The Morgan fingerprint density at radius 3 is 2.94 bits per heavy atom. The highest BCUT2D eigenvalue weighted by atomic mass is 33.1. The summed E-state index contributed by atoms with van der Waals surface area (Å²) in [6.07, 6.45) is 4.94. The summed E-state index contributed by atoms with van der Waals surface area (Å²) in [5.41, 5.74) is 0. The van der Waals surface area contributed by atoms with E-state index in [0.29, 0.717) is 6.42 Å². The molecular formula is C10H18O4S2. The van der Waals surface area contributed by atoms with Gasteiger partial charge in [0.1, 0.15) is 13.2 Å². The van der Waals surface area contributed by atoms with Crippen molar-refractivity contribution < 1.29 is 19.7 Å². The van der Waals surface area contributed by atoms with Crippen molar-refractivity contribution in [1.82, 2.24) is 0 Å². The molecule has 1 fully saturated rings. The normalized spacial score (nSPS) is 19.9. The molecule has 0 amide bonds. The fourth-order valence-electron chi connectivity index (χ4n) is 1.47. The van der Waals surface area contributed by atoms with Crippen LogP contribution >= 0.6 is 21.6 Å². The third kappa shape index (κ3) is 6.62. The second kappa shape index (κ2) is 9.15.